The molecule has 0 spiro atoms. The highest BCUT2D eigenvalue weighted by Gasteiger charge is 2.26. The van der Waals surface area contributed by atoms with Crippen molar-refractivity contribution >= 4 is 0 Å². The number of rotatable bonds is 0. The molecule has 0 aliphatic heterocycles. The first-order valence-corrected chi connectivity index (χ1v) is 4.29. The van der Waals surface area contributed by atoms with E-state index in [0.717, 1.165) is 5.92 Å². The number of fused-ring (bicyclic) bond motifs is 2. The van der Waals surface area contributed by atoms with Crippen LogP contribution in [0.3, 0.4) is 0 Å². The zero-order valence-electron chi connectivity index (χ0n) is 6.03. The van der Waals surface area contributed by atoms with Crippen molar-refractivity contribution < 1.29 is 0 Å². The van der Waals surface area contributed by atoms with Crippen LogP contribution in [0.4, 0.5) is 0 Å². The van der Waals surface area contributed by atoms with Gasteiger partial charge in [0.25, 0.3) is 0 Å². The molecule has 2 saturated carbocycles. The molecule has 0 aromatic carbocycles. The maximum Gasteiger partial charge on any atom is -0.0238 e. The molecule has 0 N–H and O–H groups in total. The van der Waals surface area contributed by atoms with Gasteiger partial charge in [0.05, 0.1) is 0 Å². The van der Waals surface area contributed by atoms with E-state index in [1.54, 1.807) is 0 Å². The normalized spacial score (nSPS) is 36.7. The molecule has 9 heavy (non-hydrogen) atoms. The third kappa shape index (κ3) is 1.12. The molecule has 1 atom stereocenters. The first kappa shape index (κ1) is 5.76. The van der Waals surface area contributed by atoms with E-state index < -0.39 is 0 Å². The SMILES string of the molecule is C1CCC2CC[C](C1)C2. The zero-order chi connectivity index (χ0) is 6.10. The molecule has 0 heteroatoms. The first-order valence-electron chi connectivity index (χ1n) is 4.29. The Morgan fingerprint density at radius 3 is 3.00 bits per heavy atom. The maximum absolute atomic E-state index is 1.89. The second-order valence-corrected chi connectivity index (χ2v) is 3.60. The summed E-state index contributed by atoms with van der Waals surface area (Å²) < 4.78 is 0. The molecule has 0 aromatic rings. The molecule has 2 fully saturated rings. The van der Waals surface area contributed by atoms with Crippen LogP contribution < -0.4 is 0 Å². The number of hydrogen-bond acceptors (Lipinski definition) is 0. The standard InChI is InChI=1S/C9H15/c1-2-4-9-6-5-8(3-1)7-9/h8H,1-7H2. The predicted octanol–water partition coefficient (Wildman–Crippen LogP) is 2.93. The van der Waals surface area contributed by atoms with Crippen molar-refractivity contribution in [3.63, 3.8) is 0 Å². The molecule has 2 aliphatic carbocycles. The Morgan fingerprint density at radius 2 is 2.00 bits per heavy atom. The molecular formula is C9H15. The molecule has 1 radical (unpaired) electrons. The summed E-state index contributed by atoms with van der Waals surface area (Å²) in [6, 6.07) is 0. The van der Waals surface area contributed by atoms with E-state index in [-0.39, 0.29) is 0 Å². The highest BCUT2D eigenvalue weighted by molar-refractivity contribution is 4.99. The van der Waals surface area contributed by atoms with Gasteiger partial charge in [-0.15, -0.1) is 0 Å². The van der Waals surface area contributed by atoms with Crippen LogP contribution in [0.2, 0.25) is 0 Å². The Morgan fingerprint density at radius 1 is 1.00 bits per heavy atom. The van der Waals surface area contributed by atoms with Gasteiger partial charge in [0.15, 0.2) is 0 Å². The van der Waals surface area contributed by atoms with Gasteiger partial charge in [0.1, 0.15) is 0 Å². The fourth-order valence-corrected chi connectivity index (χ4v) is 2.30. The van der Waals surface area contributed by atoms with Crippen LogP contribution in [0.25, 0.3) is 0 Å². The minimum Gasteiger partial charge on any atom is -0.0530 e. The van der Waals surface area contributed by atoms with Gasteiger partial charge in [-0.1, -0.05) is 19.3 Å². The minimum absolute atomic E-state index is 1.11. The Hall–Kier alpha value is 0. The van der Waals surface area contributed by atoms with E-state index in [1.165, 1.54) is 44.9 Å². The van der Waals surface area contributed by atoms with E-state index in [4.69, 9.17) is 0 Å². The Bertz CT molecular complexity index is 84.2. The fourth-order valence-electron chi connectivity index (χ4n) is 2.30. The van der Waals surface area contributed by atoms with E-state index >= 15 is 0 Å². The first-order chi connectivity index (χ1) is 4.45. The zero-order valence-corrected chi connectivity index (χ0v) is 6.03. The highest BCUT2D eigenvalue weighted by atomic mass is 14.3. The van der Waals surface area contributed by atoms with Crippen LogP contribution in [0.5, 0.6) is 0 Å². The van der Waals surface area contributed by atoms with E-state index in [2.05, 4.69) is 0 Å². The van der Waals surface area contributed by atoms with Crippen LogP contribution in [0.15, 0.2) is 0 Å². The van der Waals surface area contributed by atoms with Crippen LogP contribution in [-0.4, -0.2) is 0 Å². The lowest BCUT2D eigenvalue weighted by Gasteiger charge is -2.04. The van der Waals surface area contributed by atoms with Gasteiger partial charge in [0.2, 0.25) is 0 Å². The third-order valence-corrected chi connectivity index (χ3v) is 2.88. The topological polar surface area (TPSA) is 0 Å². The van der Waals surface area contributed by atoms with Crippen molar-refractivity contribution in [2.45, 2.75) is 44.9 Å². The quantitative estimate of drug-likeness (QED) is 0.464. The Balaban J connectivity index is 1.99. The predicted molar refractivity (Wildman–Crippen MR) is 39.1 cm³/mol. The van der Waals surface area contributed by atoms with Crippen LogP contribution >= 0.6 is 0 Å². The lowest BCUT2D eigenvalue weighted by atomic mass is 10.0. The molecule has 0 aromatic heterocycles. The third-order valence-electron chi connectivity index (χ3n) is 2.88. The summed E-state index contributed by atoms with van der Waals surface area (Å²) in [6.45, 7) is 0. The van der Waals surface area contributed by atoms with Gasteiger partial charge in [-0.25, -0.2) is 0 Å². The van der Waals surface area contributed by atoms with Crippen LogP contribution in [0, 0.1) is 11.8 Å². The fraction of sp³-hybridized carbons (Fsp3) is 0.889. The molecule has 0 heterocycles. The van der Waals surface area contributed by atoms with E-state index in [0.29, 0.717) is 0 Å². The summed E-state index contributed by atoms with van der Waals surface area (Å²) in [5.41, 5.74) is 0. The van der Waals surface area contributed by atoms with Gasteiger partial charge in [0, 0.05) is 0 Å². The second-order valence-electron chi connectivity index (χ2n) is 3.60. The molecule has 0 nitrogen and oxygen atoms in total. The summed E-state index contributed by atoms with van der Waals surface area (Å²) >= 11 is 0. The molecule has 2 rings (SSSR count). The van der Waals surface area contributed by atoms with Gasteiger partial charge < -0.3 is 0 Å². The lowest BCUT2D eigenvalue weighted by molar-refractivity contribution is 0.491. The molecule has 0 amide bonds. The molecule has 2 bridgehead atoms. The molecular weight excluding hydrogens is 108 g/mol. The average Bonchev–Trinajstić information content (AvgIpc) is 2.09. The van der Waals surface area contributed by atoms with Gasteiger partial charge in [-0.05, 0) is 37.5 Å². The smallest absolute Gasteiger partial charge is 0.0238 e. The van der Waals surface area contributed by atoms with Crippen LogP contribution in [0.1, 0.15) is 44.9 Å². The van der Waals surface area contributed by atoms with Crippen molar-refractivity contribution in [1.29, 1.82) is 0 Å². The van der Waals surface area contributed by atoms with Gasteiger partial charge >= 0.3 is 0 Å². The highest BCUT2D eigenvalue weighted by Crippen LogP contribution is 2.41. The van der Waals surface area contributed by atoms with Crippen molar-refractivity contribution in [3.8, 4) is 0 Å². The van der Waals surface area contributed by atoms with Crippen molar-refractivity contribution in [3.05, 3.63) is 5.92 Å². The van der Waals surface area contributed by atoms with Crippen molar-refractivity contribution in [2.75, 3.05) is 0 Å². The monoisotopic (exact) mass is 123 g/mol. The summed E-state index contributed by atoms with van der Waals surface area (Å²) in [5, 5.41) is 0. The van der Waals surface area contributed by atoms with E-state index in [9.17, 15) is 0 Å². The largest absolute Gasteiger partial charge is 0.0530 e. The minimum atomic E-state index is 1.11. The Labute approximate surface area is 57.6 Å². The molecule has 1 unspecified atom stereocenters. The van der Waals surface area contributed by atoms with Crippen molar-refractivity contribution in [2.24, 2.45) is 5.92 Å². The summed E-state index contributed by atoms with van der Waals surface area (Å²) in [5.74, 6) is 3.00. The lowest BCUT2D eigenvalue weighted by Crippen LogP contribution is -1.89. The molecule has 51 valence electrons. The number of hydrogen-bond donors (Lipinski definition) is 0. The summed E-state index contributed by atoms with van der Waals surface area (Å²) in [7, 11) is 0. The van der Waals surface area contributed by atoms with Gasteiger partial charge in [-0.3, -0.25) is 0 Å². The Kier molecular flexibility index (Phi) is 1.48. The van der Waals surface area contributed by atoms with E-state index in [1.807, 2.05) is 5.92 Å². The summed E-state index contributed by atoms with van der Waals surface area (Å²) in [6.07, 6.45) is 10.5. The van der Waals surface area contributed by atoms with Gasteiger partial charge in [-0.2, -0.15) is 0 Å². The summed E-state index contributed by atoms with van der Waals surface area (Å²) in [4.78, 5) is 0. The average molecular weight is 123 g/mol. The second kappa shape index (κ2) is 2.32. The molecule has 2 aliphatic rings. The molecule has 0 saturated heterocycles. The van der Waals surface area contributed by atoms with Crippen molar-refractivity contribution in [1.82, 2.24) is 0 Å². The van der Waals surface area contributed by atoms with Crippen LogP contribution in [-0.2, 0) is 0 Å². The maximum atomic E-state index is 1.89.